The van der Waals surface area contributed by atoms with Gasteiger partial charge in [-0.15, -0.1) is 10.2 Å². The van der Waals surface area contributed by atoms with Crippen molar-refractivity contribution in [3.8, 4) is 6.01 Å². The second-order valence-electron chi connectivity index (χ2n) is 6.34. The molecule has 0 saturated heterocycles. The van der Waals surface area contributed by atoms with Crippen LogP contribution in [0, 0.1) is 0 Å². The van der Waals surface area contributed by atoms with E-state index in [-0.39, 0.29) is 29.1 Å². The fourth-order valence-electron chi connectivity index (χ4n) is 2.04. The number of aliphatic imine (C=N–C) groups is 2. The molecule has 1 aromatic rings. The molecule has 0 amide bonds. The molecular formula is C17H21F3N8O6S. The number of nitrogens with zero attached hydrogens (tertiary/aromatic N) is 6. The molecule has 0 spiro atoms. The summed E-state index contributed by atoms with van der Waals surface area (Å²) in [6.45, 7) is 0.162. The Bertz CT molecular complexity index is 1020. The number of rotatable bonds is 10. The summed E-state index contributed by atoms with van der Waals surface area (Å²) in [6.07, 6.45) is -1.27. The average Bonchev–Trinajstić information content (AvgIpc) is 3.10. The maximum absolute atomic E-state index is 12.2. The van der Waals surface area contributed by atoms with Crippen molar-refractivity contribution in [2.45, 2.75) is 25.4 Å². The summed E-state index contributed by atoms with van der Waals surface area (Å²) < 4.78 is 46.8. The zero-order valence-electron chi connectivity index (χ0n) is 18.0. The molecule has 0 aliphatic carbocycles. The number of carbonyl (C=O) groups is 2. The van der Waals surface area contributed by atoms with Gasteiger partial charge in [0.05, 0.1) is 6.61 Å². The summed E-state index contributed by atoms with van der Waals surface area (Å²) in [7, 11) is 0. The number of hydrogen-bond acceptors (Lipinski definition) is 11. The van der Waals surface area contributed by atoms with Crippen molar-refractivity contribution in [2.24, 2.45) is 25.9 Å². The zero-order chi connectivity index (χ0) is 25.2. The maximum Gasteiger partial charge on any atom is 0.408 e. The van der Waals surface area contributed by atoms with Crippen LogP contribution in [-0.2, 0) is 14.3 Å². The minimum Gasteiger partial charge on any atom is -0.478 e. The molecule has 0 aromatic carbocycles. The summed E-state index contributed by atoms with van der Waals surface area (Å²) in [6, 6.07) is 1.36. The van der Waals surface area contributed by atoms with E-state index in [1.807, 2.05) is 0 Å². The number of esters is 1. The second kappa shape index (κ2) is 13.2. The van der Waals surface area contributed by atoms with Crippen LogP contribution < -0.4 is 15.8 Å². The number of nitrogens with two attached hydrogens (primary N) is 1. The molecule has 0 bridgehead atoms. The van der Waals surface area contributed by atoms with E-state index in [4.69, 9.17) is 20.3 Å². The van der Waals surface area contributed by atoms with Crippen molar-refractivity contribution < 1.29 is 42.8 Å². The van der Waals surface area contributed by atoms with Crippen molar-refractivity contribution in [3.05, 3.63) is 24.4 Å². The lowest BCUT2D eigenvalue weighted by Gasteiger charge is -2.14. The van der Waals surface area contributed by atoms with Crippen LogP contribution in [0.4, 0.5) is 19.0 Å². The summed E-state index contributed by atoms with van der Waals surface area (Å²) in [5, 5.41) is 18.7. The second-order valence-corrected chi connectivity index (χ2v) is 7.40. The number of aromatic nitrogens is 2. The van der Waals surface area contributed by atoms with Crippen LogP contribution in [-0.4, -0.2) is 74.5 Å². The van der Waals surface area contributed by atoms with Gasteiger partial charge in [-0.25, -0.2) is 19.6 Å². The summed E-state index contributed by atoms with van der Waals surface area (Å²) in [5.74, 6) is -3.67. The van der Waals surface area contributed by atoms with Gasteiger partial charge in [0.25, 0.3) is 0 Å². The van der Waals surface area contributed by atoms with E-state index in [0.29, 0.717) is 18.2 Å². The van der Waals surface area contributed by atoms with Gasteiger partial charge in [0.2, 0.25) is 5.17 Å². The number of nitrogens with one attached hydrogen (secondary N) is 1. The first-order valence-corrected chi connectivity index (χ1v) is 10.3. The lowest BCUT2D eigenvalue weighted by molar-refractivity contribution is -0.150. The van der Waals surface area contributed by atoms with Crippen molar-refractivity contribution in [2.75, 3.05) is 24.2 Å². The highest BCUT2D eigenvalue weighted by molar-refractivity contribution is 8.13. The van der Waals surface area contributed by atoms with Gasteiger partial charge in [-0.05, 0) is 12.5 Å². The van der Waals surface area contributed by atoms with Gasteiger partial charge in [-0.2, -0.15) is 23.1 Å². The SMILES string of the molecule is CC1(OC(=O)/C=C\C(=O)O)N=NC(SCCCOc2nccc(NC(N)=NCC(F)(F)F)n2)=N1.O. The van der Waals surface area contributed by atoms with E-state index in [1.54, 1.807) is 0 Å². The normalized spacial score (nSPS) is 17.6. The smallest absolute Gasteiger partial charge is 0.408 e. The molecule has 0 saturated carbocycles. The van der Waals surface area contributed by atoms with Crippen LogP contribution in [0.2, 0.25) is 0 Å². The predicted molar refractivity (Wildman–Crippen MR) is 118 cm³/mol. The number of aliphatic carboxylic acids is 1. The number of guanidine groups is 1. The largest absolute Gasteiger partial charge is 0.478 e. The molecule has 2 rings (SSSR count). The van der Waals surface area contributed by atoms with E-state index in [2.05, 4.69) is 35.5 Å². The molecule has 0 fully saturated rings. The molecule has 6 N–H and O–H groups in total. The molecule has 1 aromatic heterocycles. The lowest BCUT2D eigenvalue weighted by atomic mass is 10.4. The zero-order valence-corrected chi connectivity index (χ0v) is 18.8. The molecule has 1 aliphatic heterocycles. The first-order chi connectivity index (χ1) is 15.9. The van der Waals surface area contributed by atoms with Crippen LogP contribution in [0.1, 0.15) is 13.3 Å². The highest BCUT2D eigenvalue weighted by Crippen LogP contribution is 2.26. The Morgan fingerprint density at radius 3 is 2.80 bits per heavy atom. The van der Waals surface area contributed by atoms with Crippen molar-refractivity contribution in [3.63, 3.8) is 0 Å². The highest BCUT2D eigenvalue weighted by Gasteiger charge is 2.32. The minimum absolute atomic E-state index is 0. The van der Waals surface area contributed by atoms with Gasteiger partial charge in [0.15, 0.2) is 5.96 Å². The van der Waals surface area contributed by atoms with Gasteiger partial charge in [0, 0.05) is 31.0 Å². The Morgan fingerprint density at radius 1 is 1.37 bits per heavy atom. The third kappa shape index (κ3) is 11.8. The molecule has 1 unspecified atom stereocenters. The number of carboxylic acid groups (broad SMARTS) is 1. The monoisotopic (exact) mass is 522 g/mol. The third-order valence-electron chi connectivity index (χ3n) is 3.35. The number of ether oxygens (including phenoxy) is 2. The van der Waals surface area contributed by atoms with E-state index in [9.17, 15) is 22.8 Å². The predicted octanol–water partition coefficient (Wildman–Crippen LogP) is 1.12. The Labute approximate surface area is 199 Å². The molecule has 1 atom stereocenters. The first kappa shape index (κ1) is 29.2. The van der Waals surface area contributed by atoms with Gasteiger partial charge in [0.1, 0.15) is 12.4 Å². The number of halogens is 3. The molecule has 1 aliphatic rings. The molecule has 14 nitrogen and oxygen atoms in total. The van der Waals surface area contributed by atoms with E-state index < -0.39 is 36.5 Å². The topological polar surface area (TPSA) is 218 Å². The summed E-state index contributed by atoms with van der Waals surface area (Å²) in [4.78, 5) is 37.1. The van der Waals surface area contributed by atoms with E-state index >= 15 is 0 Å². The molecule has 192 valence electrons. The number of hydrogen-bond donors (Lipinski definition) is 3. The van der Waals surface area contributed by atoms with Gasteiger partial charge < -0.3 is 31.1 Å². The Hall–Kier alpha value is -3.80. The van der Waals surface area contributed by atoms with Gasteiger partial charge >= 0.3 is 30.0 Å². The molecule has 0 radical (unpaired) electrons. The Kier molecular flexibility index (Phi) is 11.0. The molecule has 35 heavy (non-hydrogen) atoms. The molecule has 18 heteroatoms. The van der Waals surface area contributed by atoms with Gasteiger partial charge in [-0.1, -0.05) is 11.8 Å². The number of carbonyl (C=O) groups excluding carboxylic acids is 1. The van der Waals surface area contributed by atoms with Crippen LogP contribution in [0.25, 0.3) is 0 Å². The van der Waals surface area contributed by atoms with Gasteiger partial charge in [-0.3, -0.25) is 0 Å². The number of azo groups is 1. The Balaban J connectivity index is 0.00000612. The lowest BCUT2D eigenvalue weighted by Crippen LogP contribution is -2.26. The molecular weight excluding hydrogens is 501 g/mol. The Morgan fingerprint density at radius 2 is 2.11 bits per heavy atom. The maximum atomic E-state index is 12.2. The van der Waals surface area contributed by atoms with Crippen molar-refractivity contribution >= 4 is 40.6 Å². The minimum atomic E-state index is -4.47. The van der Waals surface area contributed by atoms with E-state index in [1.165, 1.54) is 30.9 Å². The van der Waals surface area contributed by atoms with Crippen LogP contribution >= 0.6 is 11.8 Å². The van der Waals surface area contributed by atoms with Crippen LogP contribution in [0.15, 0.2) is 44.6 Å². The first-order valence-electron chi connectivity index (χ1n) is 9.33. The van der Waals surface area contributed by atoms with Crippen molar-refractivity contribution in [1.29, 1.82) is 0 Å². The number of carboxylic acids is 1. The fourth-order valence-corrected chi connectivity index (χ4v) is 2.81. The fraction of sp³-hybridized carbons (Fsp3) is 0.412. The number of amidine groups is 1. The highest BCUT2D eigenvalue weighted by atomic mass is 32.2. The van der Waals surface area contributed by atoms with Crippen LogP contribution in [0.3, 0.4) is 0 Å². The van der Waals surface area contributed by atoms with E-state index in [0.717, 1.165) is 6.08 Å². The number of alkyl halides is 3. The third-order valence-corrected chi connectivity index (χ3v) is 4.27. The number of thioether (sulfide) groups is 1. The molecule has 2 heterocycles. The van der Waals surface area contributed by atoms with Crippen molar-refractivity contribution in [1.82, 2.24) is 9.97 Å². The standard InChI is InChI=1S/C17H19F3N8O5S.H2O/c1-16(33-12(31)4-3-11(29)30)26-15(27-28-16)34-8-2-7-32-14-22-6-5-10(25-14)24-13(21)23-9-17(18,19)20;/h3-6H,2,7-9H2,1H3,(H,29,30)(H3,21,22,23,24,25);1H2/b4-3-;. The summed E-state index contributed by atoms with van der Waals surface area (Å²) >= 11 is 1.21. The number of anilines is 1. The quantitative estimate of drug-likeness (QED) is 0.131. The average molecular weight is 522 g/mol. The van der Waals surface area contributed by atoms with Crippen LogP contribution in [0.5, 0.6) is 6.01 Å². The summed E-state index contributed by atoms with van der Waals surface area (Å²) in [5.41, 5.74) is 5.39.